The number of Topliss-reactive ketones (excluding diaryl/α,β-unsaturated/α-hetero) is 1. The molecule has 6 rings (SSSR count). The summed E-state index contributed by atoms with van der Waals surface area (Å²) in [5.41, 5.74) is 2.57. The molecule has 174 valence electrons. The number of rotatable bonds is 7. The fourth-order valence-electron chi connectivity index (χ4n) is 4.83. The van der Waals surface area contributed by atoms with Crippen molar-refractivity contribution in [2.45, 2.75) is 57.2 Å². The molecule has 2 aliphatic carbocycles. The lowest BCUT2D eigenvalue weighted by Crippen LogP contribution is -2.45. The molecule has 1 aromatic carbocycles. The highest BCUT2D eigenvalue weighted by Crippen LogP contribution is 2.47. The molecule has 2 saturated carbocycles. The molecular weight excluding hydrogens is 444 g/mol. The number of ether oxygens (including phenoxy) is 2. The van der Waals surface area contributed by atoms with E-state index >= 15 is 0 Å². The molecule has 0 atom stereocenters. The average Bonchev–Trinajstić information content (AvgIpc) is 3.70. The van der Waals surface area contributed by atoms with E-state index in [1.807, 2.05) is 6.07 Å². The third-order valence-electron chi connectivity index (χ3n) is 6.96. The van der Waals surface area contributed by atoms with Gasteiger partial charge >= 0.3 is 0 Å². The van der Waals surface area contributed by atoms with Gasteiger partial charge in [-0.15, -0.1) is 0 Å². The highest BCUT2D eigenvalue weighted by Gasteiger charge is 2.43. The van der Waals surface area contributed by atoms with Crippen LogP contribution in [0, 0.1) is 5.92 Å². The number of pyridine rings is 1. The molecule has 0 unspecified atom stereocenters. The number of hydrogen-bond acceptors (Lipinski definition) is 6. The Labute approximate surface area is 192 Å². The monoisotopic (exact) mass is 470 g/mol. The van der Waals surface area contributed by atoms with E-state index in [0.29, 0.717) is 49.7 Å². The van der Waals surface area contributed by atoms with E-state index in [-0.39, 0.29) is 12.1 Å². The van der Waals surface area contributed by atoms with Crippen molar-refractivity contribution >= 4 is 15.8 Å². The molecule has 9 heteroatoms. The summed E-state index contributed by atoms with van der Waals surface area (Å²) in [6.45, 7) is 2.54. The van der Waals surface area contributed by atoms with Crippen molar-refractivity contribution in [3.63, 3.8) is 0 Å². The Bertz CT molecular complexity index is 1340. The predicted octanol–water partition coefficient (Wildman–Crippen LogP) is 2.78. The van der Waals surface area contributed by atoms with Crippen LogP contribution in [0.3, 0.4) is 0 Å². The number of hydrogen-bond donors (Lipinski definition) is 0. The van der Waals surface area contributed by atoms with Gasteiger partial charge < -0.3 is 9.47 Å². The summed E-state index contributed by atoms with van der Waals surface area (Å²) >= 11 is 0. The van der Waals surface area contributed by atoms with Crippen molar-refractivity contribution in [3.8, 4) is 22.8 Å². The summed E-state index contributed by atoms with van der Waals surface area (Å²) in [6, 6.07) is 3.25. The number of aromatic nitrogens is 1. The van der Waals surface area contributed by atoms with E-state index in [2.05, 4.69) is 0 Å². The lowest BCUT2D eigenvalue weighted by Gasteiger charge is -2.35. The minimum absolute atomic E-state index is 0.0221. The van der Waals surface area contributed by atoms with Crippen LogP contribution in [-0.4, -0.2) is 37.3 Å². The van der Waals surface area contributed by atoms with Crippen LogP contribution in [0.2, 0.25) is 0 Å². The first-order chi connectivity index (χ1) is 15.8. The van der Waals surface area contributed by atoms with Gasteiger partial charge in [0.15, 0.2) is 22.7 Å². The van der Waals surface area contributed by atoms with Gasteiger partial charge in [0.1, 0.15) is 0 Å². The molecule has 2 fully saturated rings. The molecule has 1 aromatic heterocycles. The number of ketones is 1. The van der Waals surface area contributed by atoms with Crippen LogP contribution in [0.15, 0.2) is 23.1 Å². The fraction of sp³-hybridized carbons (Fsp3) is 0.500. The Kier molecular flexibility index (Phi) is 4.62. The zero-order chi connectivity index (χ0) is 22.9. The second-order valence-corrected chi connectivity index (χ2v) is 11.6. The maximum absolute atomic E-state index is 13.3. The SMILES string of the molecule is CC(=O)c1cn2c(cc1=O)-c1c(cc(OCCC3CC3)c3c1CCO3)CN2S(=O)(=O)C1CC1. The molecule has 0 bridgehead atoms. The lowest BCUT2D eigenvalue weighted by atomic mass is 9.93. The Hall–Kier alpha value is -2.81. The molecule has 8 nitrogen and oxygen atoms in total. The van der Waals surface area contributed by atoms with Crippen LogP contribution in [0.25, 0.3) is 11.3 Å². The van der Waals surface area contributed by atoms with Gasteiger partial charge in [-0.25, -0.2) is 17.5 Å². The zero-order valence-corrected chi connectivity index (χ0v) is 19.3. The number of carbonyl (C=O) groups excluding carboxylic acids is 1. The second-order valence-electron chi connectivity index (χ2n) is 9.46. The minimum Gasteiger partial charge on any atom is -0.490 e. The molecule has 4 aliphatic rings. The Morgan fingerprint density at radius 2 is 2.00 bits per heavy atom. The molecule has 2 aliphatic heterocycles. The summed E-state index contributed by atoms with van der Waals surface area (Å²) in [4.78, 5) is 24.8. The first kappa shape index (κ1) is 20.8. The number of benzene rings is 1. The van der Waals surface area contributed by atoms with Crippen molar-refractivity contribution in [1.82, 2.24) is 4.68 Å². The molecule has 33 heavy (non-hydrogen) atoms. The molecule has 2 aromatic rings. The summed E-state index contributed by atoms with van der Waals surface area (Å²) in [5.74, 6) is 1.67. The summed E-state index contributed by atoms with van der Waals surface area (Å²) in [6.07, 6.45) is 6.78. The van der Waals surface area contributed by atoms with Crippen LogP contribution >= 0.6 is 0 Å². The van der Waals surface area contributed by atoms with Gasteiger partial charge in [-0.3, -0.25) is 9.59 Å². The Morgan fingerprint density at radius 1 is 1.21 bits per heavy atom. The summed E-state index contributed by atoms with van der Waals surface area (Å²) in [5, 5.41) is -0.431. The van der Waals surface area contributed by atoms with E-state index in [1.165, 1.54) is 41.1 Å². The van der Waals surface area contributed by atoms with Crippen molar-refractivity contribution in [1.29, 1.82) is 0 Å². The minimum atomic E-state index is -3.64. The standard InChI is InChI=1S/C24H26N2O6S/c1-14(27)19-13-25-20(11-21(19)28)23-16(12-26(25)33(29,30)17-4-5-17)10-22(24-18(23)7-9-32-24)31-8-6-15-2-3-15/h10-11,13,15,17H,2-9,12H2,1H3. The van der Waals surface area contributed by atoms with E-state index in [9.17, 15) is 18.0 Å². The molecule has 0 spiro atoms. The van der Waals surface area contributed by atoms with Crippen molar-refractivity contribution in [2.75, 3.05) is 17.6 Å². The molecule has 0 amide bonds. The van der Waals surface area contributed by atoms with E-state index < -0.39 is 26.5 Å². The smallest absolute Gasteiger partial charge is 0.251 e. The first-order valence-corrected chi connectivity index (χ1v) is 13.1. The first-order valence-electron chi connectivity index (χ1n) is 11.6. The van der Waals surface area contributed by atoms with Gasteiger partial charge in [-0.1, -0.05) is 12.8 Å². The zero-order valence-electron chi connectivity index (χ0n) is 18.5. The molecule has 0 saturated heterocycles. The van der Waals surface area contributed by atoms with Crippen LogP contribution in [0.1, 0.15) is 60.5 Å². The van der Waals surface area contributed by atoms with Crippen LogP contribution < -0.4 is 19.3 Å². The van der Waals surface area contributed by atoms with Crippen LogP contribution in [0.5, 0.6) is 11.5 Å². The number of fused-ring (bicyclic) bond motifs is 5. The van der Waals surface area contributed by atoms with Crippen LogP contribution in [0.4, 0.5) is 0 Å². The van der Waals surface area contributed by atoms with Crippen molar-refractivity contribution < 1.29 is 22.7 Å². The predicted molar refractivity (Wildman–Crippen MR) is 122 cm³/mol. The summed E-state index contributed by atoms with van der Waals surface area (Å²) < 4.78 is 41.5. The van der Waals surface area contributed by atoms with Crippen molar-refractivity contribution in [3.05, 3.63) is 45.2 Å². The lowest BCUT2D eigenvalue weighted by molar-refractivity contribution is 0.101. The highest BCUT2D eigenvalue weighted by atomic mass is 32.2. The summed E-state index contributed by atoms with van der Waals surface area (Å²) in [7, 11) is -3.64. The maximum Gasteiger partial charge on any atom is 0.251 e. The van der Waals surface area contributed by atoms with Crippen molar-refractivity contribution in [2.24, 2.45) is 5.92 Å². The average molecular weight is 471 g/mol. The highest BCUT2D eigenvalue weighted by molar-refractivity contribution is 7.93. The van der Waals surface area contributed by atoms with Gasteiger partial charge in [0, 0.05) is 29.8 Å². The number of carbonyl (C=O) groups is 1. The van der Waals surface area contributed by atoms with Gasteiger partial charge in [0.05, 0.1) is 36.3 Å². The Morgan fingerprint density at radius 3 is 2.70 bits per heavy atom. The topological polar surface area (TPSA) is 94.9 Å². The van der Waals surface area contributed by atoms with E-state index in [4.69, 9.17) is 9.47 Å². The van der Waals surface area contributed by atoms with Gasteiger partial charge in [0.2, 0.25) is 0 Å². The van der Waals surface area contributed by atoms with Gasteiger partial charge in [0.25, 0.3) is 10.0 Å². The maximum atomic E-state index is 13.3. The van der Waals surface area contributed by atoms with E-state index in [1.54, 1.807) is 0 Å². The third kappa shape index (κ3) is 3.44. The van der Waals surface area contributed by atoms with Crippen LogP contribution in [-0.2, 0) is 23.0 Å². The van der Waals surface area contributed by atoms with E-state index in [0.717, 1.165) is 29.0 Å². The van der Waals surface area contributed by atoms with Gasteiger partial charge in [-0.05, 0) is 43.7 Å². The largest absolute Gasteiger partial charge is 0.490 e. The number of nitrogens with zero attached hydrogens (tertiary/aromatic N) is 2. The van der Waals surface area contributed by atoms with Gasteiger partial charge in [-0.2, -0.15) is 0 Å². The Balaban J connectivity index is 1.52. The molecular formula is C24H26N2O6S. The molecule has 3 heterocycles. The second kappa shape index (κ2) is 7.35. The number of sulfonamides is 1. The fourth-order valence-corrected chi connectivity index (χ4v) is 6.60. The third-order valence-corrected chi connectivity index (χ3v) is 9.16. The molecule has 0 radical (unpaired) electrons. The quantitative estimate of drug-likeness (QED) is 0.578. The molecule has 0 N–H and O–H groups in total. The normalized spacial score (nSPS) is 18.9.